The third-order valence-corrected chi connectivity index (χ3v) is 2.99. The Kier molecular flexibility index (Phi) is 5.58. The van der Waals surface area contributed by atoms with Crippen molar-refractivity contribution in [2.45, 2.75) is 0 Å². The van der Waals surface area contributed by atoms with E-state index in [2.05, 4.69) is 17.2 Å². The average molecular weight is 295 g/mol. The molecular weight excluding hydrogens is 278 g/mol. The Morgan fingerprint density at radius 1 is 1.05 bits per heavy atom. The maximum absolute atomic E-state index is 11.7. The fraction of sp³-hybridized carbons (Fsp3) is 0.167. The van der Waals surface area contributed by atoms with Gasteiger partial charge < -0.3 is 15.2 Å². The molecule has 4 heteroatoms. The number of rotatable bonds is 4. The van der Waals surface area contributed by atoms with Crippen LogP contribution in [0.3, 0.4) is 0 Å². The minimum absolute atomic E-state index is 0.0723. The Morgan fingerprint density at radius 2 is 1.59 bits per heavy atom. The summed E-state index contributed by atoms with van der Waals surface area (Å²) in [4.78, 5) is 11.7. The van der Waals surface area contributed by atoms with Crippen molar-refractivity contribution in [1.29, 1.82) is 0 Å². The van der Waals surface area contributed by atoms with E-state index < -0.39 is 0 Å². The van der Waals surface area contributed by atoms with Crippen molar-refractivity contribution in [1.82, 2.24) is 5.32 Å². The van der Waals surface area contributed by atoms with Gasteiger partial charge in [0.05, 0.1) is 13.7 Å². The van der Waals surface area contributed by atoms with Crippen LogP contribution >= 0.6 is 0 Å². The number of methoxy groups -OCH3 is 1. The Morgan fingerprint density at radius 3 is 2.09 bits per heavy atom. The Bertz CT molecular complexity index is 679. The molecule has 0 atom stereocenters. The van der Waals surface area contributed by atoms with Crippen LogP contribution in [-0.4, -0.2) is 31.3 Å². The summed E-state index contributed by atoms with van der Waals surface area (Å²) in [6, 6.07) is 14.5. The minimum atomic E-state index is -0.205. The highest BCUT2D eigenvalue weighted by atomic mass is 16.5. The molecule has 2 N–H and O–H groups in total. The molecule has 2 aromatic carbocycles. The standard InChI is InChI=1S/C18H17NO3/c1-22-17-10-6-15(7-11-17)3-2-14-4-8-16(9-5-14)18(21)19-12-13-20/h4-11,20H,12-13H2,1H3,(H,19,21). The van der Waals surface area contributed by atoms with Crippen LogP contribution in [0.5, 0.6) is 5.75 Å². The summed E-state index contributed by atoms with van der Waals surface area (Å²) in [5.74, 6) is 6.69. The first-order valence-electron chi connectivity index (χ1n) is 6.88. The lowest BCUT2D eigenvalue weighted by atomic mass is 10.1. The van der Waals surface area contributed by atoms with Crippen LogP contribution in [0.1, 0.15) is 21.5 Å². The number of hydrogen-bond acceptors (Lipinski definition) is 3. The van der Waals surface area contributed by atoms with Gasteiger partial charge >= 0.3 is 0 Å². The first-order valence-corrected chi connectivity index (χ1v) is 6.88. The van der Waals surface area contributed by atoms with E-state index in [4.69, 9.17) is 9.84 Å². The second-order valence-electron chi connectivity index (χ2n) is 4.54. The van der Waals surface area contributed by atoms with E-state index in [9.17, 15) is 4.79 Å². The zero-order valence-electron chi connectivity index (χ0n) is 12.3. The van der Waals surface area contributed by atoms with Gasteiger partial charge in [-0.2, -0.15) is 0 Å². The average Bonchev–Trinajstić information content (AvgIpc) is 2.58. The van der Waals surface area contributed by atoms with Crippen LogP contribution in [-0.2, 0) is 0 Å². The fourth-order valence-corrected chi connectivity index (χ4v) is 1.80. The van der Waals surface area contributed by atoms with Crippen LogP contribution in [0.25, 0.3) is 0 Å². The van der Waals surface area contributed by atoms with Crippen molar-refractivity contribution in [2.24, 2.45) is 0 Å². The highest BCUT2D eigenvalue weighted by molar-refractivity contribution is 5.94. The fourth-order valence-electron chi connectivity index (χ4n) is 1.80. The highest BCUT2D eigenvalue weighted by Gasteiger charge is 2.03. The van der Waals surface area contributed by atoms with Gasteiger partial charge in [0.2, 0.25) is 0 Å². The lowest BCUT2D eigenvalue weighted by molar-refractivity contribution is 0.0945. The molecular formula is C18H17NO3. The highest BCUT2D eigenvalue weighted by Crippen LogP contribution is 2.10. The molecule has 2 rings (SSSR count). The topological polar surface area (TPSA) is 58.6 Å². The number of carbonyl (C=O) groups excluding carboxylic acids is 1. The molecule has 0 fully saturated rings. The number of amides is 1. The molecule has 0 unspecified atom stereocenters. The van der Waals surface area contributed by atoms with Gasteiger partial charge in [-0.05, 0) is 48.5 Å². The minimum Gasteiger partial charge on any atom is -0.497 e. The monoisotopic (exact) mass is 295 g/mol. The molecule has 0 aliphatic rings. The molecule has 4 nitrogen and oxygen atoms in total. The van der Waals surface area contributed by atoms with E-state index in [0.29, 0.717) is 5.56 Å². The predicted molar refractivity (Wildman–Crippen MR) is 84.8 cm³/mol. The van der Waals surface area contributed by atoms with E-state index >= 15 is 0 Å². The third-order valence-electron chi connectivity index (χ3n) is 2.99. The molecule has 0 heterocycles. The number of carbonyl (C=O) groups is 1. The summed E-state index contributed by atoms with van der Waals surface area (Å²) in [6.45, 7) is 0.176. The van der Waals surface area contributed by atoms with Gasteiger partial charge in [0.1, 0.15) is 5.75 Å². The predicted octanol–water partition coefficient (Wildman–Crippen LogP) is 1.82. The van der Waals surface area contributed by atoms with Crippen molar-refractivity contribution >= 4 is 5.91 Å². The number of aliphatic hydroxyl groups is 1. The Hall–Kier alpha value is -2.77. The molecule has 22 heavy (non-hydrogen) atoms. The van der Waals surface area contributed by atoms with E-state index in [1.807, 2.05) is 24.3 Å². The second kappa shape index (κ2) is 7.87. The zero-order valence-corrected chi connectivity index (χ0v) is 12.3. The number of ether oxygens (including phenoxy) is 1. The van der Waals surface area contributed by atoms with Gasteiger partial charge in [0.15, 0.2) is 0 Å². The van der Waals surface area contributed by atoms with E-state index in [1.54, 1.807) is 31.4 Å². The van der Waals surface area contributed by atoms with Crippen LogP contribution < -0.4 is 10.1 Å². The Balaban J connectivity index is 2.05. The molecule has 0 aliphatic carbocycles. The number of nitrogens with one attached hydrogen (secondary N) is 1. The van der Waals surface area contributed by atoms with E-state index in [0.717, 1.165) is 16.9 Å². The van der Waals surface area contributed by atoms with Crippen LogP contribution in [0.2, 0.25) is 0 Å². The van der Waals surface area contributed by atoms with Crippen LogP contribution in [0.15, 0.2) is 48.5 Å². The molecule has 0 saturated heterocycles. The van der Waals surface area contributed by atoms with Crippen molar-refractivity contribution < 1.29 is 14.6 Å². The molecule has 1 amide bonds. The summed E-state index contributed by atoms with van der Waals surface area (Å²) >= 11 is 0. The SMILES string of the molecule is COc1ccc(C#Cc2ccc(C(=O)NCCO)cc2)cc1. The molecule has 2 aromatic rings. The molecule has 0 aliphatic heterocycles. The molecule has 0 bridgehead atoms. The lowest BCUT2D eigenvalue weighted by Crippen LogP contribution is -2.26. The molecule has 0 saturated carbocycles. The number of hydrogen-bond donors (Lipinski definition) is 2. The molecule has 112 valence electrons. The van der Waals surface area contributed by atoms with Crippen molar-refractivity contribution in [2.75, 3.05) is 20.3 Å². The number of aliphatic hydroxyl groups excluding tert-OH is 1. The van der Waals surface area contributed by atoms with Crippen LogP contribution in [0, 0.1) is 11.8 Å². The number of benzene rings is 2. The summed E-state index contributed by atoms with van der Waals surface area (Å²) in [7, 11) is 1.62. The maximum Gasteiger partial charge on any atom is 0.251 e. The Labute approximate surface area is 129 Å². The van der Waals surface area contributed by atoms with Gasteiger partial charge in [-0.15, -0.1) is 0 Å². The van der Waals surface area contributed by atoms with Crippen molar-refractivity contribution in [3.63, 3.8) is 0 Å². The summed E-state index contributed by atoms with van der Waals surface area (Å²) < 4.78 is 5.09. The molecule has 0 radical (unpaired) electrons. The van der Waals surface area contributed by atoms with E-state index in [1.165, 1.54) is 0 Å². The maximum atomic E-state index is 11.7. The smallest absolute Gasteiger partial charge is 0.251 e. The second-order valence-corrected chi connectivity index (χ2v) is 4.54. The van der Waals surface area contributed by atoms with Crippen molar-refractivity contribution in [3.8, 4) is 17.6 Å². The van der Waals surface area contributed by atoms with Crippen LogP contribution in [0.4, 0.5) is 0 Å². The van der Waals surface area contributed by atoms with Gasteiger partial charge in [0.25, 0.3) is 5.91 Å². The lowest BCUT2D eigenvalue weighted by Gasteiger charge is -2.02. The summed E-state index contributed by atoms with van der Waals surface area (Å²) in [5.41, 5.74) is 2.27. The first-order chi connectivity index (χ1) is 10.7. The third kappa shape index (κ3) is 4.37. The molecule has 0 aromatic heterocycles. The van der Waals surface area contributed by atoms with Gasteiger partial charge in [0, 0.05) is 23.2 Å². The van der Waals surface area contributed by atoms with Crippen molar-refractivity contribution in [3.05, 3.63) is 65.2 Å². The largest absolute Gasteiger partial charge is 0.497 e. The van der Waals surface area contributed by atoms with Gasteiger partial charge in [-0.3, -0.25) is 4.79 Å². The normalized spacial score (nSPS) is 9.55. The first kappa shape index (κ1) is 15.6. The summed E-state index contributed by atoms with van der Waals surface area (Å²) in [5, 5.41) is 11.3. The van der Waals surface area contributed by atoms with Gasteiger partial charge in [-0.25, -0.2) is 0 Å². The van der Waals surface area contributed by atoms with Gasteiger partial charge in [-0.1, -0.05) is 11.8 Å². The van der Waals surface area contributed by atoms with E-state index in [-0.39, 0.29) is 19.1 Å². The quantitative estimate of drug-likeness (QED) is 0.846. The zero-order chi connectivity index (χ0) is 15.8. The molecule has 0 spiro atoms. The summed E-state index contributed by atoms with van der Waals surface area (Å²) in [6.07, 6.45) is 0.